The summed E-state index contributed by atoms with van der Waals surface area (Å²) in [7, 11) is 0. The Bertz CT molecular complexity index is 2080. The SMILES string of the molecule is O=C(O)/C=C/c1c2cc(-c3nc4ccccc4[nH]3)c(=O)cc-2oc2cc(O)c(-c3nc4ccccc4[nH]3)cc12. The number of nitrogens with zero attached hydrogens (tertiary/aromatic N) is 2. The van der Waals surface area contributed by atoms with Gasteiger partial charge in [-0.25, -0.2) is 14.8 Å². The number of hydrogen-bond donors (Lipinski definition) is 4. The maximum Gasteiger partial charge on any atom is 0.328 e. The highest BCUT2D eigenvalue weighted by molar-refractivity contribution is 6.01. The standard InChI is InChI=1S/C30H18N4O5/c35-24-13-26-16(11-18(24)29-31-20-5-1-2-6-21(20)32-29)15(9-10-28(37)38)17-12-19(25(36)14-27(17)39-26)30-33-22-7-3-4-8-23(22)34-30/h1-14,35H,(H,31,32)(H,33,34)(H,37,38)/b10-9+. The number of rotatable bonds is 4. The van der Waals surface area contributed by atoms with E-state index in [0.717, 1.165) is 22.6 Å². The van der Waals surface area contributed by atoms with Crippen LogP contribution in [0.4, 0.5) is 0 Å². The fourth-order valence-corrected chi connectivity index (χ4v) is 4.85. The summed E-state index contributed by atoms with van der Waals surface area (Å²) in [6, 6.07) is 21.1. The molecule has 7 rings (SSSR count). The highest BCUT2D eigenvalue weighted by atomic mass is 16.4. The van der Waals surface area contributed by atoms with Gasteiger partial charge in [0.2, 0.25) is 0 Å². The molecule has 3 heterocycles. The van der Waals surface area contributed by atoms with Crippen molar-refractivity contribution in [1.29, 1.82) is 0 Å². The van der Waals surface area contributed by atoms with Gasteiger partial charge in [0.15, 0.2) is 5.43 Å². The average Bonchev–Trinajstić information content (AvgIpc) is 3.54. The number of aromatic amines is 2. The number of carbonyl (C=O) groups is 1. The predicted molar refractivity (Wildman–Crippen MR) is 148 cm³/mol. The second kappa shape index (κ2) is 8.42. The van der Waals surface area contributed by atoms with Crippen molar-refractivity contribution in [2.24, 2.45) is 0 Å². The predicted octanol–water partition coefficient (Wildman–Crippen LogP) is 5.79. The molecule has 1 aliphatic carbocycles. The molecule has 0 fully saturated rings. The second-order valence-corrected chi connectivity index (χ2v) is 9.10. The van der Waals surface area contributed by atoms with Gasteiger partial charge in [0.05, 0.1) is 33.2 Å². The first-order chi connectivity index (χ1) is 18.9. The molecule has 5 aromatic rings. The first-order valence-corrected chi connectivity index (χ1v) is 12.0. The maximum atomic E-state index is 13.1. The van der Waals surface area contributed by atoms with Gasteiger partial charge in [-0.05, 0) is 48.0 Å². The van der Waals surface area contributed by atoms with Crippen molar-refractivity contribution in [1.82, 2.24) is 19.9 Å². The third-order valence-corrected chi connectivity index (χ3v) is 6.66. The Balaban J connectivity index is 1.51. The van der Waals surface area contributed by atoms with Crippen molar-refractivity contribution in [3.8, 4) is 39.8 Å². The summed E-state index contributed by atoms with van der Waals surface area (Å²) < 4.78 is 6.05. The van der Waals surface area contributed by atoms with E-state index in [2.05, 4.69) is 19.9 Å². The number of aromatic hydroxyl groups is 1. The van der Waals surface area contributed by atoms with Crippen molar-refractivity contribution in [2.75, 3.05) is 0 Å². The Labute approximate surface area is 219 Å². The molecule has 4 N–H and O–H groups in total. The minimum Gasteiger partial charge on any atom is -0.507 e. The highest BCUT2D eigenvalue weighted by Gasteiger charge is 2.21. The van der Waals surface area contributed by atoms with Crippen LogP contribution in [0, 0.1) is 0 Å². The summed E-state index contributed by atoms with van der Waals surface area (Å²) in [5, 5.41) is 20.8. The van der Waals surface area contributed by atoms with Crippen molar-refractivity contribution in [3.63, 3.8) is 0 Å². The number of benzene rings is 4. The van der Waals surface area contributed by atoms with Crippen LogP contribution in [0.5, 0.6) is 5.75 Å². The number of H-pyrrole nitrogens is 2. The molecule has 2 aromatic heterocycles. The lowest BCUT2D eigenvalue weighted by molar-refractivity contribution is -0.131. The number of carboxylic acid groups (broad SMARTS) is 1. The van der Waals surface area contributed by atoms with Gasteiger partial charge < -0.3 is 24.6 Å². The van der Waals surface area contributed by atoms with Crippen LogP contribution in [0.25, 0.3) is 73.2 Å². The number of hydrogen-bond acceptors (Lipinski definition) is 6. The molecular formula is C30H18N4O5. The number of aliphatic carboxylic acids is 1. The van der Waals surface area contributed by atoms with Gasteiger partial charge >= 0.3 is 5.97 Å². The van der Waals surface area contributed by atoms with E-state index in [1.165, 1.54) is 18.2 Å². The molecule has 188 valence electrons. The van der Waals surface area contributed by atoms with Crippen LogP contribution in [0.2, 0.25) is 0 Å². The monoisotopic (exact) mass is 514 g/mol. The Kier molecular flexibility index (Phi) is 4.86. The van der Waals surface area contributed by atoms with Gasteiger partial charge in [-0.2, -0.15) is 0 Å². The van der Waals surface area contributed by atoms with Crippen LogP contribution in [0.15, 0.2) is 88.1 Å². The molecule has 9 heteroatoms. The first kappa shape index (κ1) is 22.5. The van der Waals surface area contributed by atoms with Crippen LogP contribution in [-0.4, -0.2) is 36.1 Å². The van der Waals surface area contributed by atoms with Gasteiger partial charge in [-0.15, -0.1) is 0 Å². The molecule has 0 bridgehead atoms. The number of fused-ring (bicyclic) bond motifs is 4. The molecule has 0 atom stereocenters. The van der Waals surface area contributed by atoms with Crippen LogP contribution in [-0.2, 0) is 4.79 Å². The van der Waals surface area contributed by atoms with E-state index in [4.69, 9.17) is 4.42 Å². The number of carboxylic acids is 1. The largest absolute Gasteiger partial charge is 0.507 e. The molecule has 0 unspecified atom stereocenters. The molecule has 1 aliphatic heterocycles. The van der Waals surface area contributed by atoms with E-state index in [9.17, 15) is 19.8 Å². The number of imidazole rings is 2. The lowest BCUT2D eigenvalue weighted by atomic mass is 9.95. The van der Waals surface area contributed by atoms with Crippen LogP contribution < -0.4 is 5.43 Å². The summed E-state index contributed by atoms with van der Waals surface area (Å²) in [4.78, 5) is 40.2. The third-order valence-electron chi connectivity index (χ3n) is 6.66. The Morgan fingerprint density at radius 2 is 1.46 bits per heavy atom. The summed E-state index contributed by atoms with van der Waals surface area (Å²) in [6.45, 7) is 0. The van der Waals surface area contributed by atoms with Crippen molar-refractivity contribution in [2.45, 2.75) is 0 Å². The van der Waals surface area contributed by atoms with E-state index < -0.39 is 5.97 Å². The molecule has 9 nitrogen and oxygen atoms in total. The molecule has 39 heavy (non-hydrogen) atoms. The molecular weight excluding hydrogens is 496 g/mol. The molecule has 0 saturated heterocycles. The zero-order valence-electron chi connectivity index (χ0n) is 20.1. The van der Waals surface area contributed by atoms with E-state index >= 15 is 0 Å². The Morgan fingerprint density at radius 3 is 2.10 bits per heavy atom. The summed E-state index contributed by atoms with van der Waals surface area (Å²) >= 11 is 0. The molecule has 0 saturated carbocycles. The van der Waals surface area contributed by atoms with Crippen LogP contribution in [0.3, 0.4) is 0 Å². The molecule has 0 spiro atoms. The number of para-hydroxylation sites is 4. The summed E-state index contributed by atoms with van der Waals surface area (Å²) in [5.41, 5.74) is 4.74. The third kappa shape index (κ3) is 3.72. The van der Waals surface area contributed by atoms with Crippen molar-refractivity contribution < 1.29 is 19.4 Å². The molecule has 0 amide bonds. The maximum absolute atomic E-state index is 13.1. The lowest BCUT2D eigenvalue weighted by Gasteiger charge is -2.14. The van der Waals surface area contributed by atoms with Crippen molar-refractivity contribution >= 4 is 45.1 Å². The Morgan fingerprint density at radius 1 is 0.821 bits per heavy atom. The number of nitrogens with one attached hydrogen (secondary N) is 2. The quantitative estimate of drug-likeness (QED) is 0.172. The molecule has 2 aliphatic rings. The molecule has 3 aromatic carbocycles. The molecule has 0 radical (unpaired) electrons. The second-order valence-electron chi connectivity index (χ2n) is 9.10. The number of phenols is 1. The highest BCUT2D eigenvalue weighted by Crippen LogP contribution is 2.40. The van der Waals surface area contributed by atoms with Gasteiger partial charge in [0.25, 0.3) is 0 Å². The van der Waals surface area contributed by atoms with Crippen molar-refractivity contribution in [3.05, 3.63) is 94.7 Å². The summed E-state index contributed by atoms with van der Waals surface area (Å²) in [6.07, 6.45) is 2.47. The van der Waals surface area contributed by atoms with Gasteiger partial charge in [0.1, 0.15) is 28.7 Å². The minimum absolute atomic E-state index is 0.0842. The van der Waals surface area contributed by atoms with E-state index in [1.54, 1.807) is 12.1 Å². The minimum atomic E-state index is -1.13. The topological polar surface area (TPSA) is 145 Å². The zero-order chi connectivity index (χ0) is 26.7. The normalized spacial score (nSPS) is 11.9. The van der Waals surface area contributed by atoms with E-state index in [0.29, 0.717) is 44.8 Å². The van der Waals surface area contributed by atoms with Gasteiger partial charge in [0, 0.05) is 29.2 Å². The van der Waals surface area contributed by atoms with Gasteiger partial charge in [-0.1, -0.05) is 24.3 Å². The number of aromatic nitrogens is 4. The van der Waals surface area contributed by atoms with E-state index in [-0.39, 0.29) is 22.5 Å². The van der Waals surface area contributed by atoms with Crippen LogP contribution >= 0.6 is 0 Å². The Hall–Kier alpha value is -5.70. The number of phenolic OH excluding ortho intramolecular Hbond substituents is 1. The van der Waals surface area contributed by atoms with E-state index in [1.807, 2.05) is 48.5 Å². The fraction of sp³-hybridized carbons (Fsp3) is 0. The summed E-state index contributed by atoms with van der Waals surface area (Å²) in [5.74, 6) is -0.134. The average molecular weight is 514 g/mol. The fourth-order valence-electron chi connectivity index (χ4n) is 4.85. The zero-order valence-corrected chi connectivity index (χ0v) is 20.1. The van der Waals surface area contributed by atoms with Gasteiger partial charge in [-0.3, -0.25) is 4.79 Å². The lowest BCUT2D eigenvalue weighted by Crippen LogP contribution is -2.07. The van der Waals surface area contributed by atoms with Crippen LogP contribution in [0.1, 0.15) is 5.56 Å². The smallest absolute Gasteiger partial charge is 0.328 e. The first-order valence-electron chi connectivity index (χ1n) is 12.0.